The van der Waals surface area contributed by atoms with Crippen LogP contribution < -0.4 is 5.73 Å². The highest BCUT2D eigenvalue weighted by molar-refractivity contribution is 6.31. The molecule has 3 aromatic rings. The number of carbonyl (C=O) groups excluding carboxylic acids is 1. The molecular weight excluding hydrogens is 323 g/mol. The van der Waals surface area contributed by atoms with Crippen LogP contribution >= 0.6 is 23.2 Å². The first-order chi connectivity index (χ1) is 10.5. The maximum atomic E-state index is 12.4. The molecule has 0 saturated heterocycles. The smallest absolute Gasteiger partial charge is 0.281 e. The second-order valence-corrected chi connectivity index (χ2v) is 5.40. The highest BCUT2D eigenvalue weighted by Gasteiger charge is 2.16. The van der Waals surface area contributed by atoms with Crippen molar-refractivity contribution in [3.05, 3.63) is 64.1 Å². The van der Waals surface area contributed by atoms with Crippen LogP contribution in [0.25, 0.3) is 11.4 Å². The van der Waals surface area contributed by atoms with Gasteiger partial charge in [-0.25, -0.2) is 0 Å². The normalized spacial score (nSPS) is 10.6. The van der Waals surface area contributed by atoms with Crippen molar-refractivity contribution < 1.29 is 4.79 Å². The fourth-order valence-corrected chi connectivity index (χ4v) is 2.16. The molecule has 0 fully saturated rings. The molecule has 0 aliphatic heterocycles. The monoisotopic (exact) mass is 332 g/mol. The maximum absolute atomic E-state index is 12.4. The summed E-state index contributed by atoms with van der Waals surface area (Å²) in [7, 11) is 0. The van der Waals surface area contributed by atoms with Gasteiger partial charge < -0.3 is 5.73 Å². The van der Waals surface area contributed by atoms with Gasteiger partial charge in [-0.15, -0.1) is 5.10 Å². The fourth-order valence-electron chi connectivity index (χ4n) is 1.91. The summed E-state index contributed by atoms with van der Waals surface area (Å²) in [6.45, 7) is 0. The minimum absolute atomic E-state index is 0.0184. The van der Waals surface area contributed by atoms with Crippen molar-refractivity contribution in [2.75, 3.05) is 5.73 Å². The number of rotatable bonds is 2. The Balaban J connectivity index is 1.97. The molecule has 1 heterocycles. The maximum Gasteiger partial charge on any atom is 0.281 e. The third-order valence-electron chi connectivity index (χ3n) is 3.02. The van der Waals surface area contributed by atoms with Gasteiger partial charge in [-0.1, -0.05) is 23.2 Å². The highest BCUT2D eigenvalue weighted by Crippen LogP contribution is 2.20. The van der Waals surface area contributed by atoms with Crippen molar-refractivity contribution in [3.8, 4) is 11.4 Å². The summed E-state index contributed by atoms with van der Waals surface area (Å²) >= 11 is 11.7. The first-order valence-electron chi connectivity index (χ1n) is 6.33. The van der Waals surface area contributed by atoms with Crippen LogP contribution in [0.1, 0.15) is 10.4 Å². The fraction of sp³-hybridized carbons (Fsp3) is 0. The average molecular weight is 333 g/mol. The van der Waals surface area contributed by atoms with Gasteiger partial charge in [0, 0.05) is 21.2 Å². The predicted octanol–water partition coefficient (Wildman–Crippen LogP) is 3.52. The first-order valence-corrected chi connectivity index (χ1v) is 7.09. The lowest BCUT2D eigenvalue weighted by atomic mass is 10.2. The zero-order valence-corrected chi connectivity index (χ0v) is 12.7. The van der Waals surface area contributed by atoms with E-state index in [1.807, 2.05) is 0 Å². The molecule has 1 aromatic heterocycles. The summed E-state index contributed by atoms with van der Waals surface area (Å²) in [4.78, 5) is 16.5. The van der Waals surface area contributed by atoms with Crippen LogP contribution in [0.15, 0.2) is 48.5 Å². The molecule has 0 aliphatic carbocycles. The quantitative estimate of drug-likeness (QED) is 0.779. The summed E-state index contributed by atoms with van der Waals surface area (Å²) < 4.78 is 1.06. The van der Waals surface area contributed by atoms with Crippen molar-refractivity contribution in [2.24, 2.45) is 0 Å². The molecule has 3 rings (SSSR count). The molecule has 0 bridgehead atoms. The number of carbonyl (C=O) groups is 1. The average Bonchev–Trinajstić information content (AvgIpc) is 2.90. The Labute approximate surface area is 136 Å². The van der Waals surface area contributed by atoms with Crippen LogP contribution in [0.2, 0.25) is 10.0 Å². The molecule has 0 amide bonds. The molecular formula is C15H10Cl2N4O. The summed E-state index contributed by atoms with van der Waals surface area (Å²) in [6, 6.07) is 13.4. The Bertz CT molecular complexity index is 826. The van der Waals surface area contributed by atoms with Crippen LogP contribution in [0, 0.1) is 0 Å². The van der Waals surface area contributed by atoms with Crippen molar-refractivity contribution in [1.82, 2.24) is 14.8 Å². The molecule has 22 heavy (non-hydrogen) atoms. The van der Waals surface area contributed by atoms with Crippen molar-refractivity contribution in [1.29, 1.82) is 0 Å². The lowest BCUT2D eigenvalue weighted by Crippen LogP contribution is -2.16. The second kappa shape index (κ2) is 5.79. The van der Waals surface area contributed by atoms with Crippen LogP contribution in [0.3, 0.4) is 0 Å². The number of hydrogen-bond acceptors (Lipinski definition) is 4. The minimum atomic E-state index is -0.373. The van der Waals surface area contributed by atoms with Gasteiger partial charge in [-0.2, -0.15) is 9.67 Å². The number of nitrogens with two attached hydrogens (primary N) is 1. The lowest BCUT2D eigenvalue weighted by molar-refractivity contribution is 0.0948. The van der Waals surface area contributed by atoms with E-state index < -0.39 is 0 Å². The van der Waals surface area contributed by atoms with Crippen molar-refractivity contribution in [2.45, 2.75) is 0 Å². The van der Waals surface area contributed by atoms with E-state index >= 15 is 0 Å². The topological polar surface area (TPSA) is 73.8 Å². The molecule has 0 aliphatic rings. The summed E-state index contributed by atoms with van der Waals surface area (Å²) in [5, 5.41) is 5.31. The molecule has 5 nitrogen and oxygen atoms in total. The van der Waals surface area contributed by atoms with Crippen molar-refractivity contribution in [3.63, 3.8) is 0 Å². The third kappa shape index (κ3) is 2.81. The van der Waals surface area contributed by atoms with E-state index in [4.69, 9.17) is 28.9 Å². The zero-order valence-electron chi connectivity index (χ0n) is 11.2. The Morgan fingerprint density at radius 1 is 0.955 bits per heavy atom. The number of hydrogen-bond donors (Lipinski definition) is 1. The number of nitrogen functional groups attached to an aromatic ring is 1. The lowest BCUT2D eigenvalue weighted by Gasteiger charge is -2.01. The number of anilines is 1. The number of aromatic nitrogens is 3. The van der Waals surface area contributed by atoms with Crippen LogP contribution in [-0.2, 0) is 0 Å². The van der Waals surface area contributed by atoms with Crippen LogP contribution in [0.5, 0.6) is 0 Å². The number of benzene rings is 2. The van der Waals surface area contributed by atoms with Crippen LogP contribution in [0.4, 0.5) is 5.95 Å². The molecule has 110 valence electrons. The highest BCUT2D eigenvalue weighted by atomic mass is 35.5. The summed E-state index contributed by atoms with van der Waals surface area (Å²) in [6.07, 6.45) is 0. The minimum Gasteiger partial charge on any atom is -0.368 e. The van der Waals surface area contributed by atoms with Crippen molar-refractivity contribution >= 4 is 35.1 Å². The van der Waals surface area contributed by atoms with Gasteiger partial charge in [-0.3, -0.25) is 4.79 Å². The molecule has 0 atom stereocenters. The second-order valence-electron chi connectivity index (χ2n) is 4.52. The zero-order chi connectivity index (χ0) is 15.7. The molecule has 0 unspecified atom stereocenters. The van der Waals surface area contributed by atoms with E-state index in [0.29, 0.717) is 21.4 Å². The van der Waals surface area contributed by atoms with E-state index in [2.05, 4.69) is 10.1 Å². The van der Waals surface area contributed by atoms with Gasteiger partial charge in [0.15, 0.2) is 5.82 Å². The van der Waals surface area contributed by atoms with E-state index in [1.54, 1.807) is 48.5 Å². The number of nitrogens with zero attached hydrogens (tertiary/aromatic N) is 3. The molecule has 2 N–H and O–H groups in total. The van der Waals surface area contributed by atoms with E-state index in [0.717, 1.165) is 10.2 Å². The van der Waals surface area contributed by atoms with Crippen LogP contribution in [-0.4, -0.2) is 20.7 Å². The largest absolute Gasteiger partial charge is 0.368 e. The standard InChI is InChI=1S/C15H10Cl2N4O/c16-11-5-1-9(2-6-11)13-19-15(18)21(20-13)14(22)10-3-7-12(17)8-4-10/h1-8H,(H2,18,19,20). The van der Waals surface area contributed by atoms with E-state index in [-0.39, 0.29) is 11.9 Å². The Morgan fingerprint density at radius 3 is 2.09 bits per heavy atom. The molecule has 7 heteroatoms. The Hall–Kier alpha value is -2.37. The molecule has 0 saturated carbocycles. The summed E-state index contributed by atoms with van der Waals surface area (Å²) in [5.74, 6) is 0.00302. The Kier molecular flexibility index (Phi) is 3.83. The predicted molar refractivity (Wildman–Crippen MR) is 86.1 cm³/mol. The SMILES string of the molecule is Nc1nc(-c2ccc(Cl)cc2)nn1C(=O)c1ccc(Cl)cc1. The van der Waals surface area contributed by atoms with Gasteiger partial charge in [0.1, 0.15) is 0 Å². The Morgan fingerprint density at radius 2 is 1.50 bits per heavy atom. The van der Waals surface area contributed by atoms with E-state index in [1.165, 1.54) is 0 Å². The van der Waals surface area contributed by atoms with Gasteiger partial charge in [-0.05, 0) is 48.5 Å². The first kappa shape index (κ1) is 14.6. The van der Waals surface area contributed by atoms with Gasteiger partial charge in [0.05, 0.1) is 0 Å². The molecule has 0 spiro atoms. The van der Waals surface area contributed by atoms with E-state index in [9.17, 15) is 4.79 Å². The van der Waals surface area contributed by atoms with Gasteiger partial charge >= 0.3 is 0 Å². The number of halogens is 2. The van der Waals surface area contributed by atoms with Gasteiger partial charge in [0.25, 0.3) is 5.91 Å². The van der Waals surface area contributed by atoms with Gasteiger partial charge in [0.2, 0.25) is 5.95 Å². The molecule has 0 radical (unpaired) electrons. The molecule has 2 aromatic carbocycles. The summed E-state index contributed by atoms with van der Waals surface area (Å²) in [5.41, 5.74) is 6.93. The third-order valence-corrected chi connectivity index (χ3v) is 3.52.